The number of carbonyl (C=O) groups is 1. The maximum absolute atomic E-state index is 11.3. The quantitative estimate of drug-likeness (QED) is 0.765. The number of esters is 1. The van der Waals surface area contributed by atoms with Gasteiger partial charge in [0.15, 0.2) is 0 Å². The second kappa shape index (κ2) is 4.52. The van der Waals surface area contributed by atoms with E-state index >= 15 is 0 Å². The number of ether oxygens (including phenoxy) is 1. The van der Waals surface area contributed by atoms with Crippen molar-refractivity contribution in [2.24, 2.45) is 0 Å². The molecule has 4 nitrogen and oxygen atoms in total. The Bertz CT molecular complexity index is 296. The highest BCUT2D eigenvalue weighted by atomic mass is 32.1. The van der Waals surface area contributed by atoms with Gasteiger partial charge in [0.25, 0.3) is 0 Å². The number of nitrogens with zero attached hydrogens (tertiary/aromatic N) is 1. The largest absolute Gasteiger partial charge is 0.468 e. The van der Waals surface area contributed by atoms with E-state index < -0.39 is 5.54 Å². The lowest BCUT2D eigenvalue weighted by Gasteiger charge is -2.22. The maximum Gasteiger partial charge on any atom is 0.325 e. The van der Waals surface area contributed by atoms with Gasteiger partial charge in [0.1, 0.15) is 5.54 Å². The average molecular weight is 214 g/mol. The molecule has 5 heteroatoms. The normalized spacial score (nSPS) is 11.4. The first kappa shape index (κ1) is 11.1. The molecule has 0 aliphatic carbocycles. The van der Waals surface area contributed by atoms with Crippen LogP contribution in [0.4, 0.5) is 0 Å². The zero-order valence-electron chi connectivity index (χ0n) is 8.53. The van der Waals surface area contributed by atoms with Crippen molar-refractivity contribution in [1.29, 1.82) is 0 Å². The van der Waals surface area contributed by atoms with Crippen LogP contribution in [0.25, 0.3) is 0 Å². The molecule has 0 amide bonds. The van der Waals surface area contributed by atoms with Crippen molar-refractivity contribution < 1.29 is 9.53 Å². The van der Waals surface area contributed by atoms with Crippen LogP contribution in [0.3, 0.4) is 0 Å². The van der Waals surface area contributed by atoms with Gasteiger partial charge < -0.3 is 4.74 Å². The number of nitrogens with one attached hydrogen (secondary N) is 1. The van der Waals surface area contributed by atoms with Gasteiger partial charge in [-0.25, -0.2) is 4.98 Å². The van der Waals surface area contributed by atoms with Gasteiger partial charge in [-0.1, -0.05) is 0 Å². The Labute approximate surface area is 87.3 Å². The van der Waals surface area contributed by atoms with E-state index in [-0.39, 0.29) is 5.97 Å². The highest BCUT2D eigenvalue weighted by Crippen LogP contribution is 2.07. The number of methoxy groups -OCH3 is 1. The topological polar surface area (TPSA) is 51.2 Å². The zero-order valence-corrected chi connectivity index (χ0v) is 9.35. The molecule has 0 unspecified atom stereocenters. The van der Waals surface area contributed by atoms with Gasteiger partial charge in [-0.2, -0.15) is 0 Å². The molecule has 0 fully saturated rings. The smallest absolute Gasteiger partial charge is 0.325 e. The second-order valence-electron chi connectivity index (χ2n) is 3.45. The van der Waals surface area contributed by atoms with Gasteiger partial charge in [-0.15, -0.1) is 11.3 Å². The number of carbonyl (C=O) groups excluding carboxylic acids is 1. The Kier molecular flexibility index (Phi) is 3.60. The lowest BCUT2D eigenvalue weighted by atomic mass is 10.1. The Balaban J connectivity index is 2.48. The van der Waals surface area contributed by atoms with Crippen LogP contribution in [0.1, 0.15) is 19.5 Å². The molecule has 1 N–H and O–H groups in total. The number of rotatable bonds is 4. The van der Waals surface area contributed by atoms with E-state index in [9.17, 15) is 4.79 Å². The molecule has 1 rings (SSSR count). The monoisotopic (exact) mass is 214 g/mol. The summed E-state index contributed by atoms with van der Waals surface area (Å²) in [4.78, 5) is 15.4. The van der Waals surface area contributed by atoms with Gasteiger partial charge in [-0.3, -0.25) is 10.1 Å². The third kappa shape index (κ3) is 2.78. The molecule has 0 aliphatic heterocycles. The summed E-state index contributed by atoms with van der Waals surface area (Å²) < 4.78 is 4.67. The molecule has 0 radical (unpaired) electrons. The minimum Gasteiger partial charge on any atom is -0.468 e. The summed E-state index contributed by atoms with van der Waals surface area (Å²) in [7, 11) is 1.38. The molecule has 1 heterocycles. The average Bonchev–Trinajstić information content (AvgIpc) is 2.66. The van der Waals surface area contributed by atoms with Crippen molar-refractivity contribution in [2.75, 3.05) is 7.11 Å². The van der Waals surface area contributed by atoms with Gasteiger partial charge in [0.05, 0.1) is 18.3 Å². The lowest BCUT2D eigenvalue weighted by molar-refractivity contribution is -0.147. The summed E-state index contributed by atoms with van der Waals surface area (Å²) in [5.41, 5.74) is 2.03. The predicted molar refractivity (Wildman–Crippen MR) is 55.0 cm³/mol. The van der Waals surface area contributed by atoms with Crippen LogP contribution < -0.4 is 5.32 Å². The van der Waals surface area contributed by atoms with E-state index in [1.807, 2.05) is 5.38 Å². The first-order valence-corrected chi connectivity index (χ1v) is 5.21. The number of thiazole rings is 1. The van der Waals surface area contributed by atoms with Crippen LogP contribution in [-0.2, 0) is 16.1 Å². The first-order chi connectivity index (χ1) is 6.56. The minimum atomic E-state index is -0.668. The summed E-state index contributed by atoms with van der Waals surface area (Å²) >= 11 is 1.54. The Hall–Kier alpha value is -0.940. The third-order valence-corrected chi connectivity index (χ3v) is 2.53. The minimum absolute atomic E-state index is 0.271. The van der Waals surface area contributed by atoms with E-state index in [0.29, 0.717) is 6.54 Å². The van der Waals surface area contributed by atoms with Crippen molar-refractivity contribution in [2.45, 2.75) is 25.9 Å². The second-order valence-corrected chi connectivity index (χ2v) is 4.17. The molecule has 1 aromatic heterocycles. The standard InChI is InChI=1S/C9H14N2O2S/c1-9(2,8(12)13-3)11-4-7-5-14-6-10-7/h5-6,11H,4H2,1-3H3. The molecule has 0 spiro atoms. The zero-order chi connectivity index (χ0) is 10.6. The summed E-state index contributed by atoms with van der Waals surface area (Å²) in [6.07, 6.45) is 0. The van der Waals surface area contributed by atoms with Crippen molar-refractivity contribution in [3.63, 3.8) is 0 Å². The molecule has 0 saturated carbocycles. The van der Waals surface area contributed by atoms with Crippen molar-refractivity contribution in [3.05, 3.63) is 16.6 Å². The van der Waals surface area contributed by atoms with E-state index in [2.05, 4.69) is 15.0 Å². The molecule has 14 heavy (non-hydrogen) atoms. The van der Waals surface area contributed by atoms with Gasteiger partial charge in [-0.05, 0) is 13.8 Å². The first-order valence-electron chi connectivity index (χ1n) is 4.27. The molecular formula is C9H14N2O2S. The highest BCUT2D eigenvalue weighted by Gasteiger charge is 2.27. The van der Waals surface area contributed by atoms with Gasteiger partial charge in [0, 0.05) is 11.9 Å². The van der Waals surface area contributed by atoms with Gasteiger partial charge >= 0.3 is 5.97 Å². The summed E-state index contributed by atoms with van der Waals surface area (Å²) in [5, 5.41) is 5.03. The third-order valence-electron chi connectivity index (χ3n) is 1.89. The van der Waals surface area contributed by atoms with Crippen molar-refractivity contribution in [1.82, 2.24) is 10.3 Å². The maximum atomic E-state index is 11.3. The summed E-state index contributed by atoms with van der Waals surface area (Å²) in [5.74, 6) is -0.271. The van der Waals surface area contributed by atoms with Crippen LogP contribution in [0.5, 0.6) is 0 Å². The fourth-order valence-corrected chi connectivity index (χ4v) is 1.52. The molecule has 0 aromatic carbocycles. The molecule has 1 aromatic rings. The summed E-state index contributed by atoms with van der Waals surface area (Å²) in [6, 6.07) is 0. The van der Waals surface area contributed by atoms with Crippen LogP contribution in [0, 0.1) is 0 Å². The van der Waals surface area contributed by atoms with Gasteiger partial charge in [0.2, 0.25) is 0 Å². The molecular weight excluding hydrogens is 200 g/mol. The van der Waals surface area contributed by atoms with E-state index in [1.165, 1.54) is 18.4 Å². The fraction of sp³-hybridized carbons (Fsp3) is 0.556. The summed E-state index contributed by atoms with van der Waals surface area (Å²) in [6.45, 7) is 4.14. The van der Waals surface area contributed by atoms with E-state index in [1.54, 1.807) is 19.4 Å². The molecule has 0 saturated heterocycles. The molecule has 0 atom stereocenters. The fourth-order valence-electron chi connectivity index (χ4n) is 0.964. The number of hydrogen-bond donors (Lipinski definition) is 1. The Morgan fingerprint density at radius 3 is 2.93 bits per heavy atom. The van der Waals surface area contributed by atoms with Crippen LogP contribution in [-0.4, -0.2) is 23.6 Å². The van der Waals surface area contributed by atoms with Crippen molar-refractivity contribution in [3.8, 4) is 0 Å². The highest BCUT2D eigenvalue weighted by molar-refractivity contribution is 7.07. The molecule has 0 aliphatic rings. The van der Waals surface area contributed by atoms with E-state index in [4.69, 9.17) is 0 Å². The van der Waals surface area contributed by atoms with Crippen molar-refractivity contribution >= 4 is 17.3 Å². The molecule has 0 bridgehead atoms. The van der Waals surface area contributed by atoms with E-state index in [0.717, 1.165) is 5.69 Å². The molecule has 78 valence electrons. The van der Waals surface area contributed by atoms with Crippen LogP contribution in [0.2, 0.25) is 0 Å². The lowest BCUT2D eigenvalue weighted by Crippen LogP contribution is -2.47. The number of aromatic nitrogens is 1. The Morgan fingerprint density at radius 2 is 2.43 bits per heavy atom. The Morgan fingerprint density at radius 1 is 1.71 bits per heavy atom. The van der Waals surface area contributed by atoms with Crippen LogP contribution in [0.15, 0.2) is 10.9 Å². The predicted octanol–water partition coefficient (Wildman–Crippen LogP) is 1.18. The number of hydrogen-bond acceptors (Lipinski definition) is 5. The van der Waals surface area contributed by atoms with Crippen LogP contribution >= 0.6 is 11.3 Å². The SMILES string of the molecule is COC(=O)C(C)(C)NCc1cscn1.